The number of aliphatic hydroxyl groups excluding tert-OH is 2. The summed E-state index contributed by atoms with van der Waals surface area (Å²) in [5, 5.41) is 47.0. The zero-order valence-electron chi connectivity index (χ0n) is 48.2. The number of benzene rings is 1. The van der Waals surface area contributed by atoms with E-state index in [4.69, 9.17) is 28.7 Å². The van der Waals surface area contributed by atoms with Gasteiger partial charge in [0, 0.05) is 24.5 Å². The van der Waals surface area contributed by atoms with Crippen molar-refractivity contribution < 1.29 is 58.2 Å². The Morgan fingerprint density at radius 2 is 1.12 bits per heavy atom. The number of carbonyl (C=O) groups is 10. The van der Waals surface area contributed by atoms with Gasteiger partial charge in [-0.05, 0) is 102 Å². The van der Waals surface area contributed by atoms with E-state index in [0.29, 0.717) is 11.5 Å². The van der Waals surface area contributed by atoms with E-state index in [1.165, 1.54) is 24.6 Å². The van der Waals surface area contributed by atoms with E-state index < -0.39 is 145 Å². The molecule has 82 heavy (non-hydrogen) atoms. The molecule has 0 unspecified atom stereocenters. The van der Waals surface area contributed by atoms with Crippen LogP contribution < -0.4 is 81.8 Å². The summed E-state index contributed by atoms with van der Waals surface area (Å²) in [5.74, 6) is -7.55. The summed E-state index contributed by atoms with van der Waals surface area (Å²) in [7, 11) is 2.96. The number of nitrogens with two attached hydrogens (primary N) is 5. The van der Waals surface area contributed by atoms with E-state index in [-0.39, 0.29) is 76.4 Å². The molecule has 0 aromatic heterocycles. The number of unbranched alkanes of at least 4 members (excludes halogenated alkanes) is 1. The molecule has 27 nitrogen and oxygen atoms in total. The molecule has 1 aliphatic heterocycles. The summed E-state index contributed by atoms with van der Waals surface area (Å²) >= 11 is 0. The Balaban J connectivity index is 2.64. The molecule has 0 saturated carbocycles. The van der Waals surface area contributed by atoms with Gasteiger partial charge in [-0.15, -0.1) is 0 Å². The Bertz CT molecular complexity index is 2200. The van der Waals surface area contributed by atoms with Crippen molar-refractivity contribution in [2.75, 3.05) is 44.2 Å². The first-order valence-corrected chi connectivity index (χ1v) is 30.6. The molecule has 1 aromatic rings. The highest BCUT2D eigenvalue weighted by atomic mass is 33.1. The lowest BCUT2D eigenvalue weighted by Gasteiger charge is -2.28. The summed E-state index contributed by atoms with van der Waals surface area (Å²) < 4.78 is 0. The molecule has 1 saturated heterocycles. The summed E-state index contributed by atoms with van der Waals surface area (Å²) in [6.45, 7) is 9.31. The van der Waals surface area contributed by atoms with Crippen molar-refractivity contribution in [1.29, 1.82) is 0 Å². The van der Waals surface area contributed by atoms with Gasteiger partial charge in [0.15, 0.2) is 0 Å². The van der Waals surface area contributed by atoms with Crippen molar-refractivity contribution in [2.24, 2.45) is 40.5 Å². The van der Waals surface area contributed by atoms with Crippen LogP contribution >= 0.6 is 21.6 Å². The fourth-order valence-corrected chi connectivity index (χ4v) is 10.7. The largest absolute Gasteiger partial charge is 0.391 e. The van der Waals surface area contributed by atoms with Crippen LogP contribution in [0.2, 0.25) is 0 Å². The molecule has 464 valence electrons. The van der Waals surface area contributed by atoms with Crippen molar-refractivity contribution in [3.63, 3.8) is 0 Å². The number of carbonyl (C=O) groups excluding carboxylic acids is 10. The topological polar surface area (TPSA) is 462 Å². The van der Waals surface area contributed by atoms with Crippen LogP contribution in [0.15, 0.2) is 30.3 Å². The summed E-state index contributed by atoms with van der Waals surface area (Å²) in [6, 6.07) is -5.77. The lowest BCUT2D eigenvalue weighted by molar-refractivity contribution is -0.136. The SMILES string of the molecule is CC(C)CCCCSSC[C@@H](N)C(=O)N[C@H](C(=O)N[C@@H](CCN)C(=O)N[C@H]1CCNC(=O)[C@H]([C@@H](C)O)NC(=O)[C@H](CCN)NC(=O)[C@H](CCN)NC(=O)[C@H](CC(C)C)NC(=O)[C@@H](Cc2ccccc2)NC(=O)[C@H](CCN)NC1=O)[C@@H](C)O. The van der Waals surface area contributed by atoms with Gasteiger partial charge in [0.25, 0.3) is 0 Å². The van der Waals surface area contributed by atoms with Crippen LogP contribution in [0.25, 0.3) is 0 Å². The van der Waals surface area contributed by atoms with Crippen LogP contribution in [0.1, 0.15) is 105 Å². The van der Waals surface area contributed by atoms with Crippen LogP contribution in [0, 0.1) is 11.8 Å². The van der Waals surface area contributed by atoms with E-state index in [1.807, 2.05) is 0 Å². The Labute approximate surface area is 489 Å². The highest BCUT2D eigenvalue weighted by Crippen LogP contribution is 2.24. The van der Waals surface area contributed by atoms with Gasteiger partial charge >= 0.3 is 0 Å². The third-order valence-corrected chi connectivity index (χ3v) is 15.6. The first kappa shape index (κ1) is 72.4. The molecule has 1 fully saturated rings. The second-order valence-electron chi connectivity index (χ2n) is 21.2. The maximum atomic E-state index is 14.5. The van der Waals surface area contributed by atoms with E-state index >= 15 is 0 Å². The minimum Gasteiger partial charge on any atom is -0.391 e. The molecular weight excluding hydrogens is 1100 g/mol. The van der Waals surface area contributed by atoms with E-state index in [9.17, 15) is 58.2 Å². The quantitative estimate of drug-likeness (QED) is 0.0280. The van der Waals surface area contributed by atoms with E-state index in [1.54, 1.807) is 55.0 Å². The third kappa shape index (κ3) is 26.7. The van der Waals surface area contributed by atoms with Crippen LogP contribution in [-0.4, -0.2) is 186 Å². The highest BCUT2D eigenvalue weighted by molar-refractivity contribution is 8.76. The molecule has 29 heteroatoms. The smallest absolute Gasteiger partial charge is 0.245 e. The van der Waals surface area contributed by atoms with E-state index in [2.05, 4.69) is 67.0 Å². The zero-order valence-corrected chi connectivity index (χ0v) is 49.8. The van der Waals surface area contributed by atoms with Gasteiger partial charge in [-0.25, -0.2) is 0 Å². The number of hydrogen-bond donors (Lipinski definition) is 17. The molecule has 12 atom stereocenters. The predicted molar refractivity (Wildman–Crippen MR) is 314 cm³/mol. The molecule has 2 rings (SSSR count). The fraction of sp³-hybridized carbons (Fsp3) is 0.698. The van der Waals surface area contributed by atoms with Crippen molar-refractivity contribution in [1.82, 2.24) is 53.2 Å². The Morgan fingerprint density at radius 3 is 1.65 bits per heavy atom. The number of amides is 10. The number of aliphatic hydroxyl groups is 2. The molecule has 0 radical (unpaired) electrons. The van der Waals surface area contributed by atoms with Crippen molar-refractivity contribution >= 4 is 80.7 Å². The van der Waals surface area contributed by atoms with Gasteiger partial charge in [0.1, 0.15) is 54.4 Å². The normalized spacial score (nSPS) is 23.1. The average molecular weight is 1200 g/mol. The van der Waals surface area contributed by atoms with Crippen LogP contribution in [0.5, 0.6) is 0 Å². The van der Waals surface area contributed by atoms with Gasteiger partial charge in [-0.3, -0.25) is 47.9 Å². The summed E-state index contributed by atoms with van der Waals surface area (Å²) in [4.78, 5) is 140. The number of hydrogen-bond acceptors (Lipinski definition) is 19. The van der Waals surface area contributed by atoms with Gasteiger partial charge < -0.3 is 92.0 Å². The maximum Gasteiger partial charge on any atom is 0.245 e. The van der Waals surface area contributed by atoms with E-state index in [0.717, 1.165) is 25.0 Å². The minimum atomic E-state index is -1.67. The second-order valence-corrected chi connectivity index (χ2v) is 23.8. The zero-order chi connectivity index (χ0) is 61.5. The molecule has 10 amide bonds. The second kappa shape index (κ2) is 39.0. The third-order valence-electron chi connectivity index (χ3n) is 13.0. The molecule has 22 N–H and O–H groups in total. The lowest BCUT2D eigenvalue weighted by atomic mass is 10.00. The van der Waals surface area contributed by atoms with Crippen molar-refractivity contribution in [3.05, 3.63) is 35.9 Å². The molecule has 0 aliphatic carbocycles. The number of rotatable bonds is 28. The summed E-state index contributed by atoms with van der Waals surface area (Å²) in [6.07, 6.45) is -1.07. The first-order chi connectivity index (χ1) is 38.9. The maximum absolute atomic E-state index is 14.5. The average Bonchev–Trinajstić information content (AvgIpc) is 3.47. The number of nitrogens with one attached hydrogen (secondary N) is 10. The summed E-state index contributed by atoms with van der Waals surface area (Å²) in [5.41, 5.74) is 30.3. The Hall–Kier alpha value is -5.66. The van der Waals surface area contributed by atoms with Crippen LogP contribution in [-0.2, 0) is 54.4 Å². The van der Waals surface area contributed by atoms with Crippen molar-refractivity contribution in [2.45, 2.75) is 178 Å². The fourth-order valence-electron chi connectivity index (χ4n) is 8.41. The highest BCUT2D eigenvalue weighted by Gasteiger charge is 2.37. The Kier molecular flexibility index (Phi) is 34.4. The van der Waals surface area contributed by atoms with Gasteiger partial charge in [0.05, 0.1) is 18.2 Å². The van der Waals surface area contributed by atoms with Crippen LogP contribution in [0.3, 0.4) is 0 Å². The van der Waals surface area contributed by atoms with Crippen LogP contribution in [0.4, 0.5) is 0 Å². The molecule has 1 aromatic carbocycles. The lowest BCUT2D eigenvalue weighted by Crippen LogP contribution is -2.62. The Morgan fingerprint density at radius 1 is 0.598 bits per heavy atom. The molecule has 0 bridgehead atoms. The monoisotopic (exact) mass is 1200 g/mol. The standard InChI is InChI=1S/C53H93N15O12S2/c1-29(2)12-10-11-25-81-82-28-34(58)44(71)67-43(32(6)70)53(80)64-37(17-22-56)46(73)63-39-19-24-59-52(79)42(31(5)69)68-49(76)38(18-23-57)61-45(72)35(15-20-54)62-50(77)40(26-30(3)4)65-51(78)41(27-33-13-8-7-9-14-33)66-47(74)36(16-21-55)60-48(39)75/h7-9,13-14,29-32,34-43,69-70H,10-12,15-28,54-58H2,1-6H3,(H,59,79)(H,60,75)(H,61,72)(H,62,77)(H,63,73)(H,64,80)(H,65,78)(H,66,74)(H,67,71)(H,68,76)/t31-,32-,34-,35+,36+,37+,38+,39+,40+,41-,42+,43+/m1/s1. The molecule has 1 heterocycles. The van der Waals surface area contributed by atoms with Gasteiger partial charge in [-0.1, -0.05) is 92.5 Å². The van der Waals surface area contributed by atoms with Gasteiger partial charge in [0.2, 0.25) is 59.1 Å². The molecule has 1 aliphatic rings. The first-order valence-electron chi connectivity index (χ1n) is 28.1. The molecule has 0 spiro atoms. The van der Waals surface area contributed by atoms with Gasteiger partial charge in [-0.2, -0.15) is 0 Å². The predicted octanol–water partition coefficient (Wildman–Crippen LogP) is -4.15. The minimum absolute atomic E-state index is 0.0560. The molecular formula is C53H93N15O12S2. The van der Waals surface area contributed by atoms with Crippen molar-refractivity contribution in [3.8, 4) is 0 Å².